The highest BCUT2D eigenvalue weighted by Crippen LogP contribution is 2.05. The highest BCUT2D eigenvalue weighted by Gasteiger charge is 1.96. The van der Waals surface area contributed by atoms with E-state index in [9.17, 15) is 0 Å². The molecule has 0 heterocycles. The molecule has 0 saturated carbocycles. The normalized spacial score (nSPS) is 10.2. The van der Waals surface area contributed by atoms with Crippen LogP contribution in [0.5, 0.6) is 0 Å². The molecule has 0 saturated heterocycles. The van der Waals surface area contributed by atoms with Crippen molar-refractivity contribution in [3.63, 3.8) is 0 Å². The van der Waals surface area contributed by atoms with Crippen molar-refractivity contribution >= 4 is 6.21 Å². The van der Waals surface area contributed by atoms with Gasteiger partial charge in [-0.1, -0.05) is 53.7 Å². The van der Waals surface area contributed by atoms with Crippen LogP contribution in [-0.2, 0) is 11.4 Å². The van der Waals surface area contributed by atoms with Crippen molar-refractivity contribution in [3.05, 3.63) is 71.3 Å². The molecule has 2 aromatic rings. The van der Waals surface area contributed by atoms with Crippen LogP contribution in [0, 0.1) is 11.3 Å². The average molecular weight is 236 g/mol. The van der Waals surface area contributed by atoms with Gasteiger partial charge >= 0.3 is 0 Å². The fraction of sp³-hybridized carbons (Fsp3) is 0.0667. The fourth-order valence-electron chi connectivity index (χ4n) is 1.49. The lowest BCUT2D eigenvalue weighted by Gasteiger charge is -1.99. The van der Waals surface area contributed by atoms with E-state index in [0.29, 0.717) is 12.2 Å². The standard InChI is InChI=1S/C15H12N2O/c16-10-14-8-4-5-9-15(14)11-17-18-12-13-6-2-1-3-7-13/h1-9,11H,12H2. The molecule has 0 spiro atoms. The van der Waals surface area contributed by atoms with Crippen molar-refractivity contribution in [2.75, 3.05) is 0 Å². The van der Waals surface area contributed by atoms with E-state index in [1.807, 2.05) is 48.5 Å². The predicted octanol–water partition coefficient (Wildman–Crippen LogP) is 3.11. The third kappa shape index (κ3) is 3.19. The summed E-state index contributed by atoms with van der Waals surface area (Å²) in [5, 5.41) is 12.8. The zero-order chi connectivity index (χ0) is 12.6. The van der Waals surface area contributed by atoms with E-state index in [0.717, 1.165) is 11.1 Å². The first-order chi connectivity index (χ1) is 8.90. The maximum atomic E-state index is 8.90. The predicted molar refractivity (Wildman–Crippen MR) is 70.0 cm³/mol. The van der Waals surface area contributed by atoms with E-state index in [-0.39, 0.29) is 0 Å². The van der Waals surface area contributed by atoms with Crippen LogP contribution >= 0.6 is 0 Å². The summed E-state index contributed by atoms with van der Waals surface area (Å²) in [5.41, 5.74) is 2.40. The number of hydrogen-bond donors (Lipinski definition) is 0. The van der Waals surface area contributed by atoms with Gasteiger partial charge in [-0.25, -0.2) is 0 Å². The van der Waals surface area contributed by atoms with Gasteiger partial charge in [-0.2, -0.15) is 5.26 Å². The van der Waals surface area contributed by atoms with Crippen LogP contribution in [0.3, 0.4) is 0 Å². The van der Waals surface area contributed by atoms with Crippen LogP contribution in [-0.4, -0.2) is 6.21 Å². The van der Waals surface area contributed by atoms with Gasteiger partial charge < -0.3 is 4.84 Å². The molecule has 0 atom stereocenters. The van der Waals surface area contributed by atoms with Crippen molar-refractivity contribution in [1.29, 1.82) is 5.26 Å². The molecule has 0 N–H and O–H groups in total. The number of rotatable bonds is 4. The summed E-state index contributed by atoms with van der Waals surface area (Å²) in [4.78, 5) is 5.18. The van der Waals surface area contributed by atoms with Crippen LogP contribution in [0.1, 0.15) is 16.7 Å². The van der Waals surface area contributed by atoms with Crippen LogP contribution in [0.15, 0.2) is 59.8 Å². The molecule has 0 aromatic heterocycles. The summed E-state index contributed by atoms with van der Waals surface area (Å²) < 4.78 is 0. The monoisotopic (exact) mass is 236 g/mol. The van der Waals surface area contributed by atoms with Crippen molar-refractivity contribution < 1.29 is 4.84 Å². The van der Waals surface area contributed by atoms with E-state index in [1.54, 1.807) is 12.3 Å². The molecule has 18 heavy (non-hydrogen) atoms. The number of nitrogens with zero attached hydrogens (tertiary/aromatic N) is 2. The lowest BCUT2D eigenvalue weighted by atomic mass is 10.1. The summed E-state index contributed by atoms with van der Waals surface area (Å²) in [6.45, 7) is 0.423. The molecular weight excluding hydrogens is 224 g/mol. The first-order valence-electron chi connectivity index (χ1n) is 5.58. The quantitative estimate of drug-likeness (QED) is 0.604. The van der Waals surface area contributed by atoms with Crippen LogP contribution in [0.4, 0.5) is 0 Å². The zero-order valence-corrected chi connectivity index (χ0v) is 9.78. The second-order valence-electron chi connectivity index (χ2n) is 3.69. The molecule has 2 aromatic carbocycles. The van der Waals surface area contributed by atoms with Crippen molar-refractivity contribution in [3.8, 4) is 6.07 Å². The molecule has 0 fully saturated rings. The highest BCUT2D eigenvalue weighted by molar-refractivity contribution is 5.82. The van der Waals surface area contributed by atoms with Crippen LogP contribution in [0.2, 0.25) is 0 Å². The van der Waals surface area contributed by atoms with Gasteiger partial charge in [-0.15, -0.1) is 0 Å². The summed E-state index contributed by atoms with van der Waals surface area (Å²) in [5.74, 6) is 0. The molecule has 0 bridgehead atoms. The fourth-order valence-corrected chi connectivity index (χ4v) is 1.49. The maximum absolute atomic E-state index is 8.90. The summed E-state index contributed by atoms with van der Waals surface area (Å²) in [7, 11) is 0. The summed E-state index contributed by atoms with van der Waals surface area (Å²) in [6.07, 6.45) is 1.56. The zero-order valence-electron chi connectivity index (χ0n) is 9.78. The second kappa shape index (κ2) is 6.21. The molecule has 3 nitrogen and oxygen atoms in total. The minimum atomic E-state index is 0.423. The van der Waals surface area contributed by atoms with Crippen molar-refractivity contribution in [2.45, 2.75) is 6.61 Å². The minimum absolute atomic E-state index is 0.423. The lowest BCUT2D eigenvalue weighted by Crippen LogP contribution is -1.90. The van der Waals surface area contributed by atoms with Gasteiger partial charge in [0.2, 0.25) is 0 Å². The second-order valence-corrected chi connectivity index (χ2v) is 3.69. The van der Waals surface area contributed by atoms with Gasteiger partial charge in [-0.3, -0.25) is 0 Å². The molecule has 2 rings (SSSR count). The first kappa shape index (κ1) is 11.9. The molecule has 3 heteroatoms. The Kier molecular flexibility index (Phi) is 4.10. The molecular formula is C15H12N2O. The maximum Gasteiger partial charge on any atom is 0.142 e. The van der Waals surface area contributed by atoms with Gasteiger partial charge in [0.1, 0.15) is 6.61 Å². The molecule has 0 amide bonds. The number of nitriles is 1. The van der Waals surface area contributed by atoms with E-state index >= 15 is 0 Å². The largest absolute Gasteiger partial charge is 0.391 e. The van der Waals surface area contributed by atoms with Gasteiger partial charge in [0.15, 0.2) is 0 Å². The van der Waals surface area contributed by atoms with E-state index in [4.69, 9.17) is 10.1 Å². The smallest absolute Gasteiger partial charge is 0.142 e. The molecule has 0 radical (unpaired) electrons. The van der Waals surface area contributed by atoms with E-state index in [2.05, 4.69) is 11.2 Å². The van der Waals surface area contributed by atoms with Crippen LogP contribution < -0.4 is 0 Å². The molecule has 0 aliphatic rings. The average Bonchev–Trinajstić information content (AvgIpc) is 2.45. The Morgan fingerprint density at radius 1 is 1.06 bits per heavy atom. The SMILES string of the molecule is N#Cc1ccccc1C=NOCc1ccccc1. The number of oxime groups is 1. The summed E-state index contributed by atoms with van der Waals surface area (Å²) in [6, 6.07) is 19.2. The lowest BCUT2D eigenvalue weighted by molar-refractivity contribution is 0.132. The van der Waals surface area contributed by atoms with E-state index in [1.165, 1.54) is 0 Å². The Bertz CT molecular complexity index is 571. The number of hydrogen-bond acceptors (Lipinski definition) is 3. The first-order valence-corrected chi connectivity index (χ1v) is 5.58. The third-order valence-corrected chi connectivity index (χ3v) is 2.42. The number of benzene rings is 2. The molecule has 0 unspecified atom stereocenters. The third-order valence-electron chi connectivity index (χ3n) is 2.42. The Labute approximate surface area is 106 Å². The van der Waals surface area contributed by atoms with Gasteiger partial charge in [0.25, 0.3) is 0 Å². The van der Waals surface area contributed by atoms with Gasteiger partial charge in [0.05, 0.1) is 17.8 Å². The van der Waals surface area contributed by atoms with Gasteiger partial charge in [0, 0.05) is 5.56 Å². The molecule has 0 aliphatic carbocycles. The van der Waals surface area contributed by atoms with Crippen molar-refractivity contribution in [1.82, 2.24) is 0 Å². The Morgan fingerprint density at radius 2 is 1.78 bits per heavy atom. The molecule has 0 aliphatic heterocycles. The minimum Gasteiger partial charge on any atom is -0.391 e. The van der Waals surface area contributed by atoms with E-state index < -0.39 is 0 Å². The molecule has 88 valence electrons. The highest BCUT2D eigenvalue weighted by atomic mass is 16.6. The van der Waals surface area contributed by atoms with Crippen LogP contribution in [0.25, 0.3) is 0 Å². The van der Waals surface area contributed by atoms with Gasteiger partial charge in [-0.05, 0) is 11.6 Å². The Balaban J connectivity index is 1.94. The summed E-state index contributed by atoms with van der Waals surface area (Å²) >= 11 is 0. The topological polar surface area (TPSA) is 45.4 Å². The van der Waals surface area contributed by atoms with Crippen molar-refractivity contribution in [2.24, 2.45) is 5.16 Å². The Hall–Kier alpha value is -2.60. The Morgan fingerprint density at radius 3 is 2.56 bits per heavy atom.